The largest absolute Gasteiger partial charge is 0.490 e. The topological polar surface area (TPSA) is 38.3 Å². The van der Waals surface area contributed by atoms with E-state index in [9.17, 15) is 4.79 Å². The van der Waals surface area contributed by atoms with Crippen LogP contribution in [-0.4, -0.2) is 12.0 Å². The van der Waals surface area contributed by atoms with Gasteiger partial charge in [0.2, 0.25) is 5.91 Å². The Kier molecular flexibility index (Phi) is 3.22. The second-order valence-corrected chi connectivity index (χ2v) is 5.32. The van der Waals surface area contributed by atoms with Crippen molar-refractivity contribution < 1.29 is 9.53 Å². The summed E-state index contributed by atoms with van der Waals surface area (Å²) >= 11 is 0. The van der Waals surface area contributed by atoms with E-state index in [1.807, 2.05) is 24.3 Å². The highest BCUT2D eigenvalue weighted by Gasteiger charge is 2.29. The summed E-state index contributed by atoms with van der Waals surface area (Å²) in [5.41, 5.74) is 0.849. The Morgan fingerprint density at radius 1 is 1.17 bits per heavy atom. The highest BCUT2D eigenvalue weighted by molar-refractivity contribution is 5.94. The Morgan fingerprint density at radius 3 is 2.67 bits per heavy atom. The van der Waals surface area contributed by atoms with Crippen molar-refractivity contribution in [2.75, 3.05) is 5.32 Å². The van der Waals surface area contributed by atoms with Gasteiger partial charge < -0.3 is 10.1 Å². The Balaban J connectivity index is 1.62. The zero-order valence-electron chi connectivity index (χ0n) is 10.5. The SMILES string of the molecule is O=C(Nc1cccc(OC2CCCC2)c1)C1CC1. The molecule has 2 fully saturated rings. The molecule has 2 aliphatic carbocycles. The average Bonchev–Trinajstić information content (AvgIpc) is 3.10. The van der Waals surface area contributed by atoms with Gasteiger partial charge in [-0.25, -0.2) is 0 Å². The normalized spacial score (nSPS) is 19.8. The number of ether oxygens (including phenoxy) is 1. The predicted molar refractivity (Wildman–Crippen MR) is 70.7 cm³/mol. The maximum atomic E-state index is 11.7. The van der Waals surface area contributed by atoms with Gasteiger partial charge in [0.15, 0.2) is 0 Å². The Bertz CT molecular complexity index is 434. The van der Waals surface area contributed by atoms with Gasteiger partial charge in [-0.1, -0.05) is 6.07 Å². The lowest BCUT2D eigenvalue weighted by Gasteiger charge is -2.14. The van der Waals surface area contributed by atoms with E-state index < -0.39 is 0 Å². The van der Waals surface area contributed by atoms with E-state index in [1.165, 1.54) is 12.8 Å². The van der Waals surface area contributed by atoms with Crippen molar-refractivity contribution in [3.8, 4) is 5.75 Å². The van der Waals surface area contributed by atoms with Crippen LogP contribution in [0.3, 0.4) is 0 Å². The molecule has 1 amide bonds. The van der Waals surface area contributed by atoms with E-state index in [2.05, 4.69) is 5.32 Å². The van der Waals surface area contributed by atoms with Crippen LogP contribution >= 0.6 is 0 Å². The third-order valence-corrected chi connectivity index (χ3v) is 3.65. The average molecular weight is 245 g/mol. The number of hydrogen-bond donors (Lipinski definition) is 1. The summed E-state index contributed by atoms with van der Waals surface area (Å²) in [6, 6.07) is 7.75. The number of carbonyl (C=O) groups excluding carboxylic acids is 1. The first-order valence-corrected chi connectivity index (χ1v) is 6.89. The Hall–Kier alpha value is -1.51. The molecule has 0 aliphatic heterocycles. The van der Waals surface area contributed by atoms with Crippen LogP contribution in [0.15, 0.2) is 24.3 Å². The molecule has 0 atom stereocenters. The molecule has 0 spiro atoms. The molecule has 0 radical (unpaired) electrons. The summed E-state index contributed by atoms with van der Waals surface area (Å²) < 4.78 is 5.92. The van der Waals surface area contributed by atoms with E-state index in [0.717, 1.165) is 37.1 Å². The third-order valence-electron chi connectivity index (χ3n) is 3.65. The molecule has 3 heteroatoms. The molecule has 1 aromatic carbocycles. The van der Waals surface area contributed by atoms with Crippen LogP contribution in [-0.2, 0) is 4.79 Å². The molecule has 96 valence electrons. The molecular weight excluding hydrogens is 226 g/mol. The maximum Gasteiger partial charge on any atom is 0.227 e. The summed E-state index contributed by atoms with van der Waals surface area (Å²) in [7, 11) is 0. The van der Waals surface area contributed by atoms with Crippen molar-refractivity contribution in [2.24, 2.45) is 5.92 Å². The maximum absolute atomic E-state index is 11.7. The molecule has 0 heterocycles. The van der Waals surface area contributed by atoms with Crippen molar-refractivity contribution in [1.29, 1.82) is 0 Å². The standard InChI is InChI=1S/C15H19NO2/c17-15(11-8-9-11)16-12-4-3-7-14(10-12)18-13-5-1-2-6-13/h3-4,7,10-11,13H,1-2,5-6,8-9H2,(H,16,17). The highest BCUT2D eigenvalue weighted by Crippen LogP contribution is 2.31. The fourth-order valence-electron chi connectivity index (χ4n) is 2.44. The van der Waals surface area contributed by atoms with Gasteiger partial charge in [-0.2, -0.15) is 0 Å². The van der Waals surface area contributed by atoms with Crippen LogP contribution < -0.4 is 10.1 Å². The van der Waals surface area contributed by atoms with Crippen molar-refractivity contribution in [2.45, 2.75) is 44.6 Å². The molecule has 0 bridgehead atoms. The third kappa shape index (κ3) is 2.84. The first-order valence-electron chi connectivity index (χ1n) is 6.89. The fourth-order valence-corrected chi connectivity index (χ4v) is 2.44. The summed E-state index contributed by atoms with van der Waals surface area (Å²) in [6.45, 7) is 0. The van der Waals surface area contributed by atoms with Gasteiger partial charge in [0, 0.05) is 17.7 Å². The highest BCUT2D eigenvalue weighted by atomic mass is 16.5. The number of nitrogens with one attached hydrogen (secondary N) is 1. The van der Waals surface area contributed by atoms with Crippen molar-refractivity contribution in [3.63, 3.8) is 0 Å². The molecule has 0 saturated heterocycles. The first-order chi connectivity index (χ1) is 8.81. The van der Waals surface area contributed by atoms with E-state index in [4.69, 9.17) is 4.74 Å². The summed E-state index contributed by atoms with van der Waals surface area (Å²) in [5.74, 6) is 1.26. The lowest BCUT2D eigenvalue weighted by Crippen LogP contribution is -2.14. The summed E-state index contributed by atoms with van der Waals surface area (Å²) in [6.07, 6.45) is 7.26. The second kappa shape index (κ2) is 5.01. The van der Waals surface area contributed by atoms with Gasteiger partial charge in [-0.15, -0.1) is 0 Å². The molecule has 1 aromatic rings. The minimum absolute atomic E-state index is 0.146. The second-order valence-electron chi connectivity index (χ2n) is 5.32. The molecule has 0 aromatic heterocycles. The van der Waals surface area contributed by atoms with Crippen molar-refractivity contribution in [3.05, 3.63) is 24.3 Å². The number of amides is 1. The molecule has 18 heavy (non-hydrogen) atoms. The lowest BCUT2D eigenvalue weighted by atomic mass is 10.2. The van der Waals surface area contributed by atoms with Gasteiger partial charge in [0.25, 0.3) is 0 Å². The molecule has 2 aliphatic rings. The monoisotopic (exact) mass is 245 g/mol. The van der Waals surface area contributed by atoms with Crippen LogP contribution in [0, 0.1) is 5.92 Å². The molecule has 2 saturated carbocycles. The van der Waals surface area contributed by atoms with Gasteiger partial charge >= 0.3 is 0 Å². The van der Waals surface area contributed by atoms with E-state index in [1.54, 1.807) is 0 Å². The molecule has 0 unspecified atom stereocenters. The molecule has 3 nitrogen and oxygen atoms in total. The van der Waals surface area contributed by atoms with Crippen molar-refractivity contribution >= 4 is 11.6 Å². The molecule has 3 rings (SSSR count). The predicted octanol–water partition coefficient (Wildman–Crippen LogP) is 3.36. The number of hydrogen-bond acceptors (Lipinski definition) is 2. The molecular formula is C15H19NO2. The van der Waals surface area contributed by atoms with Crippen molar-refractivity contribution in [1.82, 2.24) is 0 Å². The van der Waals surface area contributed by atoms with E-state index in [0.29, 0.717) is 6.10 Å². The quantitative estimate of drug-likeness (QED) is 0.883. The number of carbonyl (C=O) groups is 1. The van der Waals surface area contributed by atoms with Gasteiger partial charge in [-0.05, 0) is 50.7 Å². The number of benzene rings is 1. The van der Waals surface area contributed by atoms with Crippen LogP contribution in [0.1, 0.15) is 38.5 Å². The summed E-state index contributed by atoms with van der Waals surface area (Å²) in [4.78, 5) is 11.7. The van der Waals surface area contributed by atoms with Gasteiger partial charge in [0.05, 0.1) is 6.10 Å². The fraction of sp³-hybridized carbons (Fsp3) is 0.533. The minimum Gasteiger partial charge on any atom is -0.490 e. The van der Waals surface area contributed by atoms with Crippen LogP contribution in [0.4, 0.5) is 5.69 Å². The summed E-state index contributed by atoms with van der Waals surface area (Å²) in [5, 5.41) is 2.95. The smallest absolute Gasteiger partial charge is 0.227 e. The molecule has 1 N–H and O–H groups in total. The minimum atomic E-state index is 0.146. The van der Waals surface area contributed by atoms with E-state index in [-0.39, 0.29) is 11.8 Å². The van der Waals surface area contributed by atoms with Gasteiger partial charge in [0.1, 0.15) is 5.75 Å². The van der Waals surface area contributed by atoms with E-state index >= 15 is 0 Å². The Labute approximate surface area is 108 Å². The van der Waals surface area contributed by atoms with Gasteiger partial charge in [-0.3, -0.25) is 4.79 Å². The van der Waals surface area contributed by atoms with Crippen LogP contribution in [0.5, 0.6) is 5.75 Å². The Morgan fingerprint density at radius 2 is 1.94 bits per heavy atom. The van der Waals surface area contributed by atoms with Crippen LogP contribution in [0.25, 0.3) is 0 Å². The number of anilines is 1. The zero-order valence-corrected chi connectivity index (χ0v) is 10.5. The zero-order chi connectivity index (χ0) is 12.4. The lowest BCUT2D eigenvalue weighted by molar-refractivity contribution is -0.117. The first kappa shape index (κ1) is 11.6. The number of rotatable bonds is 4. The van der Waals surface area contributed by atoms with Crippen LogP contribution in [0.2, 0.25) is 0 Å².